The molecule has 0 atom stereocenters. The van der Waals surface area contributed by atoms with Crippen LogP contribution in [-0.4, -0.2) is 23.7 Å². The Morgan fingerprint density at radius 1 is 1.06 bits per heavy atom. The number of hydrogen-bond donors (Lipinski definition) is 1. The minimum Gasteiger partial charge on any atom is -0.481 e. The number of carboxylic acids is 1. The molecule has 0 spiro atoms. The van der Waals surface area contributed by atoms with E-state index in [1.807, 2.05) is 6.08 Å². The first-order valence-electron chi connectivity index (χ1n) is 5.84. The fourth-order valence-electron chi connectivity index (χ4n) is 1.09. The quantitative estimate of drug-likeness (QED) is 0.382. The molecule has 4 nitrogen and oxygen atoms in total. The molecule has 96 valence electrons. The Labute approximate surface area is 102 Å². The Morgan fingerprint density at radius 3 is 2.29 bits per heavy atom. The average Bonchev–Trinajstić information content (AvgIpc) is 2.30. The highest BCUT2D eigenvalue weighted by Crippen LogP contribution is 1.96. The number of unbranched alkanes of at least 4 members (excludes halogenated alkanes) is 1. The molecule has 0 unspecified atom stereocenters. The zero-order valence-corrected chi connectivity index (χ0v) is 10.2. The van der Waals surface area contributed by atoms with Gasteiger partial charge >= 0.3 is 11.9 Å². The smallest absolute Gasteiger partial charge is 0.306 e. The molecule has 0 fully saturated rings. The molecule has 1 N–H and O–H groups in total. The Kier molecular flexibility index (Phi) is 9.91. The molecule has 0 aromatic rings. The third kappa shape index (κ3) is 12.4. The summed E-state index contributed by atoms with van der Waals surface area (Å²) in [6.07, 6.45) is 10.7. The van der Waals surface area contributed by atoms with Crippen molar-refractivity contribution in [3.63, 3.8) is 0 Å². The van der Waals surface area contributed by atoms with E-state index in [0.29, 0.717) is 0 Å². The minimum absolute atomic E-state index is 0.0671. The second kappa shape index (κ2) is 10.9. The van der Waals surface area contributed by atoms with Crippen molar-refractivity contribution in [2.45, 2.75) is 39.0 Å². The zero-order chi connectivity index (χ0) is 12.9. The predicted molar refractivity (Wildman–Crippen MR) is 65.6 cm³/mol. The lowest BCUT2D eigenvalue weighted by Gasteiger charge is -1.99. The van der Waals surface area contributed by atoms with Gasteiger partial charge in [0.25, 0.3) is 0 Å². The summed E-state index contributed by atoms with van der Waals surface area (Å²) in [5.41, 5.74) is 0. The van der Waals surface area contributed by atoms with Gasteiger partial charge in [-0.2, -0.15) is 0 Å². The van der Waals surface area contributed by atoms with Crippen LogP contribution in [0.3, 0.4) is 0 Å². The van der Waals surface area contributed by atoms with E-state index in [1.165, 1.54) is 0 Å². The van der Waals surface area contributed by atoms with E-state index in [1.54, 1.807) is 6.08 Å². The van der Waals surface area contributed by atoms with E-state index >= 15 is 0 Å². The van der Waals surface area contributed by atoms with Crippen molar-refractivity contribution in [2.75, 3.05) is 6.61 Å². The summed E-state index contributed by atoms with van der Waals surface area (Å²) < 4.78 is 4.81. The van der Waals surface area contributed by atoms with Gasteiger partial charge in [0, 0.05) is 0 Å². The van der Waals surface area contributed by atoms with Crippen LogP contribution < -0.4 is 0 Å². The van der Waals surface area contributed by atoms with Crippen LogP contribution >= 0.6 is 0 Å². The van der Waals surface area contributed by atoms with Crippen LogP contribution in [0.15, 0.2) is 24.3 Å². The molecule has 4 heteroatoms. The van der Waals surface area contributed by atoms with Crippen LogP contribution in [0.4, 0.5) is 0 Å². The molecule has 0 aliphatic heterocycles. The molecule has 17 heavy (non-hydrogen) atoms. The molecule has 0 amide bonds. The molecule has 0 aromatic carbocycles. The van der Waals surface area contributed by atoms with E-state index in [-0.39, 0.29) is 19.4 Å². The SMILES string of the molecule is CCC=CCCC=CCOC(=O)CCC(=O)O. The fourth-order valence-corrected chi connectivity index (χ4v) is 1.09. The second-order valence-corrected chi connectivity index (χ2v) is 3.51. The summed E-state index contributed by atoms with van der Waals surface area (Å²) in [6.45, 7) is 2.30. The Morgan fingerprint density at radius 2 is 1.71 bits per heavy atom. The van der Waals surface area contributed by atoms with Gasteiger partial charge in [-0.15, -0.1) is 0 Å². The first kappa shape index (κ1) is 15.4. The second-order valence-electron chi connectivity index (χ2n) is 3.51. The van der Waals surface area contributed by atoms with Gasteiger partial charge in [0.05, 0.1) is 12.8 Å². The Bertz CT molecular complexity index is 279. The van der Waals surface area contributed by atoms with Gasteiger partial charge in [0.15, 0.2) is 0 Å². The third-order valence-corrected chi connectivity index (χ3v) is 1.95. The summed E-state index contributed by atoms with van der Waals surface area (Å²) in [5, 5.41) is 8.35. The fraction of sp³-hybridized carbons (Fsp3) is 0.538. The van der Waals surface area contributed by atoms with E-state index in [9.17, 15) is 9.59 Å². The van der Waals surface area contributed by atoms with Crippen molar-refractivity contribution in [3.05, 3.63) is 24.3 Å². The summed E-state index contributed by atoms with van der Waals surface area (Å²) in [4.78, 5) is 21.2. The lowest BCUT2D eigenvalue weighted by molar-refractivity contribution is -0.146. The Hall–Kier alpha value is -1.58. The molecular formula is C13H20O4. The van der Waals surface area contributed by atoms with Gasteiger partial charge in [0.2, 0.25) is 0 Å². The number of allylic oxidation sites excluding steroid dienone is 3. The van der Waals surface area contributed by atoms with Gasteiger partial charge in [-0.3, -0.25) is 9.59 Å². The van der Waals surface area contributed by atoms with Crippen LogP contribution in [0.2, 0.25) is 0 Å². The predicted octanol–water partition coefficient (Wildman–Crippen LogP) is 2.70. The lowest BCUT2D eigenvalue weighted by Crippen LogP contribution is -2.07. The lowest BCUT2D eigenvalue weighted by atomic mass is 10.2. The van der Waals surface area contributed by atoms with E-state index in [0.717, 1.165) is 19.3 Å². The van der Waals surface area contributed by atoms with E-state index in [4.69, 9.17) is 9.84 Å². The molecule has 0 saturated carbocycles. The zero-order valence-electron chi connectivity index (χ0n) is 10.2. The maximum absolute atomic E-state index is 11.0. The number of carbonyl (C=O) groups excluding carboxylic acids is 1. The van der Waals surface area contributed by atoms with Crippen molar-refractivity contribution in [2.24, 2.45) is 0 Å². The number of carbonyl (C=O) groups is 2. The normalized spacial score (nSPS) is 11.1. The third-order valence-electron chi connectivity index (χ3n) is 1.95. The molecule has 0 aliphatic carbocycles. The van der Waals surface area contributed by atoms with Gasteiger partial charge in [0.1, 0.15) is 6.61 Å². The van der Waals surface area contributed by atoms with Crippen molar-refractivity contribution in [1.82, 2.24) is 0 Å². The molecule has 0 aromatic heterocycles. The van der Waals surface area contributed by atoms with Crippen LogP contribution in [-0.2, 0) is 14.3 Å². The standard InChI is InChI=1S/C13H20O4/c1-2-3-4-5-6-7-8-11-17-13(16)10-9-12(14)15/h3-4,7-8H,2,5-6,9-11H2,1H3,(H,14,15). The maximum Gasteiger partial charge on any atom is 0.306 e. The van der Waals surface area contributed by atoms with Crippen LogP contribution in [0.1, 0.15) is 39.0 Å². The number of ether oxygens (including phenoxy) is 1. The van der Waals surface area contributed by atoms with Gasteiger partial charge in [-0.1, -0.05) is 31.2 Å². The summed E-state index contributed by atoms with van der Waals surface area (Å²) in [5.74, 6) is -1.46. The number of esters is 1. The first-order valence-corrected chi connectivity index (χ1v) is 5.84. The topological polar surface area (TPSA) is 63.6 Å². The van der Waals surface area contributed by atoms with Crippen LogP contribution in [0, 0.1) is 0 Å². The minimum atomic E-state index is -0.986. The molecular weight excluding hydrogens is 220 g/mol. The number of aliphatic carboxylic acids is 1. The number of rotatable bonds is 9. The first-order chi connectivity index (χ1) is 8.16. The molecule has 0 heterocycles. The van der Waals surface area contributed by atoms with Crippen LogP contribution in [0.25, 0.3) is 0 Å². The monoisotopic (exact) mass is 240 g/mol. The van der Waals surface area contributed by atoms with Gasteiger partial charge in [-0.25, -0.2) is 0 Å². The van der Waals surface area contributed by atoms with Crippen molar-refractivity contribution in [1.29, 1.82) is 0 Å². The van der Waals surface area contributed by atoms with Crippen molar-refractivity contribution in [3.8, 4) is 0 Å². The van der Waals surface area contributed by atoms with E-state index < -0.39 is 11.9 Å². The molecule has 0 aliphatic rings. The number of carboxylic acid groups (broad SMARTS) is 1. The number of hydrogen-bond acceptors (Lipinski definition) is 3. The molecule has 0 bridgehead atoms. The van der Waals surface area contributed by atoms with Gasteiger partial charge < -0.3 is 9.84 Å². The van der Waals surface area contributed by atoms with Gasteiger partial charge in [-0.05, 0) is 19.3 Å². The maximum atomic E-state index is 11.0. The summed E-state index contributed by atoms with van der Waals surface area (Å²) >= 11 is 0. The molecule has 0 radical (unpaired) electrons. The Balaban J connectivity index is 3.42. The van der Waals surface area contributed by atoms with E-state index in [2.05, 4.69) is 19.1 Å². The highest BCUT2D eigenvalue weighted by molar-refractivity contribution is 5.76. The van der Waals surface area contributed by atoms with Crippen molar-refractivity contribution < 1.29 is 19.4 Å². The molecule has 0 rings (SSSR count). The molecule has 0 saturated heterocycles. The summed E-state index contributed by atoms with van der Waals surface area (Å²) in [6, 6.07) is 0. The average molecular weight is 240 g/mol. The largest absolute Gasteiger partial charge is 0.481 e. The highest BCUT2D eigenvalue weighted by Gasteiger charge is 2.04. The highest BCUT2D eigenvalue weighted by atomic mass is 16.5. The summed E-state index contributed by atoms with van der Waals surface area (Å²) in [7, 11) is 0. The van der Waals surface area contributed by atoms with Crippen molar-refractivity contribution >= 4 is 11.9 Å². The van der Waals surface area contributed by atoms with Crippen LogP contribution in [0.5, 0.6) is 0 Å².